The lowest BCUT2D eigenvalue weighted by Gasteiger charge is -2.25. The fraction of sp³-hybridized carbons (Fsp3) is 0.635. The molecule has 0 aromatic carbocycles. The van der Waals surface area contributed by atoms with Crippen LogP contribution < -0.4 is 5.32 Å². The number of rotatable bonds is 41. The number of quaternary nitrogens is 1. The normalized spacial score (nSPS) is 15.2. The second-order valence-corrected chi connectivity index (χ2v) is 18.2. The van der Waals surface area contributed by atoms with E-state index in [4.69, 9.17) is 9.05 Å². The summed E-state index contributed by atoms with van der Waals surface area (Å²) < 4.78 is 23.5. The number of unbranched alkanes of at least 4 members (excludes halogenated alkanes) is 12. The van der Waals surface area contributed by atoms with Crippen molar-refractivity contribution >= 4 is 13.7 Å². The smallest absolute Gasteiger partial charge is 0.387 e. The Labute approximate surface area is 374 Å². The molecule has 3 unspecified atom stereocenters. The molecule has 0 radical (unpaired) electrons. The van der Waals surface area contributed by atoms with Crippen molar-refractivity contribution in [3.05, 3.63) is 109 Å². The lowest BCUT2D eigenvalue weighted by atomic mass is 10.1. The van der Waals surface area contributed by atoms with E-state index in [0.29, 0.717) is 17.4 Å². The van der Waals surface area contributed by atoms with E-state index in [2.05, 4.69) is 116 Å². The molecule has 0 spiro atoms. The summed E-state index contributed by atoms with van der Waals surface area (Å²) in [5, 5.41) is 13.8. The highest BCUT2D eigenvalue weighted by Crippen LogP contribution is 2.43. The van der Waals surface area contributed by atoms with Crippen molar-refractivity contribution in [3.8, 4) is 0 Å². The lowest BCUT2D eigenvalue weighted by molar-refractivity contribution is -0.870. The molecule has 0 rings (SSSR count). The summed E-state index contributed by atoms with van der Waals surface area (Å²) in [6, 6.07) is -0.880. The van der Waals surface area contributed by atoms with Crippen molar-refractivity contribution in [1.82, 2.24) is 5.32 Å². The fourth-order valence-electron chi connectivity index (χ4n) is 5.98. The van der Waals surface area contributed by atoms with Gasteiger partial charge in [-0.25, -0.2) is 4.57 Å². The van der Waals surface area contributed by atoms with Crippen LogP contribution in [0.1, 0.15) is 162 Å². The number of carbonyl (C=O) groups excluding carboxylic acids is 1. The summed E-state index contributed by atoms with van der Waals surface area (Å²) in [6.45, 7) is 4.61. The molecule has 0 aliphatic rings. The van der Waals surface area contributed by atoms with Crippen LogP contribution >= 0.6 is 7.82 Å². The second-order valence-electron chi connectivity index (χ2n) is 16.7. The zero-order chi connectivity index (χ0) is 45.0. The van der Waals surface area contributed by atoms with Gasteiger partial charge >= 0.3 is 7.82 Å². The first-order valence-electron chi connectivity index (χ1n) is 23.8. The molecule has 0 aliphatic heterocycles. The lowest BCUT2D eigenvalue weighted by Crippen LogP contribution is -2.45. The SMILES string of the molecule is CC/C=C\C/C=C\C/C=C\C/C=C\C/C=C\C/C=C\C/C=C\CCCCCCCC(=O)NC(COP(=O)(O)OCC[N+](C)(C)C)C(O)/C=C/CC/C=C/CCCCCCCC. The van der Waals surface area contributed by atoms with Gasteiger partial charge in [-0.2, -0.15) is 0 Å². The van der Waals surface area contributed by atoms with Gasteiger partial charge in [0.25, 0.3) is 0 Å². The Bertz CT molecular complexity index is 1350. The van der Waals surface area contributed by atoms with Gasteiger partial charge in [0.1, 0.15) is 13.2 Å². The topological polar surface area (TPSA) is 105 Å². The molecular weight excluding hydrogens is 780 g/mol. The standard InChI is InChI=1S/C52H89N2O6P/c1-6-8-10-12-14-16-18-20-21-22-23-24-25-26-27-28-29-30-31-32-33-34-36-38-40-42-44-46-52(56)53-50(49-60-61(57,58)59-48-47-54(3,4)5)51(55)45-43-41-39-37-35-19-17-15-13-11-9-7-2/h8,10,14,16,20-21,23-24,26-27,29-30,32-33,35,37,43,45,50-51,55H,6-7,9,11-13,15,17-19,22,25,28,31,34,36,38-42,44,46-49H2,1-5H3,(H-,53,56,57,58)/p+1/b10-8-,16-14-,21-20-,24-23-,27-26-,30-29-,33-32-,37-35+,45-43+. The molecule has 8 nitrogen and oxygen atoms in total. The quantitative estimate of drug-likeness (QED) is 0.0245. The maximum Gasteiger partial charge on any atom is 0.472 e. The Morgan fingerprint density at radius 1 is 0.574 bits per heavy atom. The zero-order valence-corrected chi connectivity index (χ0v) is 40.2. The van der Waals surface area contributed by atoms with Crippen LogP contribution in [0.4, 0.5) is 0 Å². The van der Waals surface area contributed by atoms with Crippen LogP contribution in [0, 0.1) is 0 Å². The number of likely N-dealkylation sites (N-methyl/N-ethyl adjacent to an activating group) is 1. The van der Waals surface area contributed by atoms with Crippen LogP contribution in [0.5, 0.6) is 0 Å². The third-order valence-corrected chi connectivity index (χ3v) is 10.7. The number of nitrogens with zero attached hydrogens (tertiary/aromatic N) is 1. The average Bonchev–Trinajstić information content (AvgIpc) is 3.21. The monoisotopic (exact) mass is 870 g/mol. The summed E-state index contributed by atoms with van der Waals surface area (Å²) >= 11 is 0. The average molecular weight is 870 g/mol. The molecule has 1 amide bonds. The van der Waals surface area contributed by atoms with Crippen molar-refractivity contribution < 1.29 is 32.9 Å². The molecule has 0 saturated heterocycles. The van der Waals surface area contributed by atoms with Gasteiger partial charge in [0.15, 0.2) is 0 Å². The van der Waals surface area contributed by atoms with Crippen LogP contribution in [0.2, 0.25) is 0 Å². The van der Waals surface area contributed by atoms with Crippen molar-refractivity contribution in [2.24, 2.45) is 0 Å². The summed E-state index contributed by atoms with van der Waals surface area (Å²) in [7, 11) is 1.52. The molecule has 0 heterocycles. The highest BCUT2D eigenvalue weighted by molar-refractivity contribution is 7.47. The number of carbonyl (C=O) groups is 1. The summed E-state index contributed by atoms with van der Waals surface area (Å²) in [5.74, 6) is -0.213. The van der Waals surface area contributed by atoms with Crippen molar-refractivity contribution in [3.63, 3.8) is 0 Å². The Morgan fingerprint density at radius 2 is 1.00 bits per heavy atom. The Balaban J connectivity index is 4.38. The summed E-state index contributed by atoms with van der Waals surface area (Å²) in [6.07, 6.45) is 61.7. The zero-order valence-electron chi connectivity index (χ0n) is 39.4. The van der Waals surface area contributed by atoms with Gasteiger partial charge in [-0.05, 0) is 89.9 Å². The van der Waals surface area contributed by atoms with E-state index >= 15 is 0 Å². The highest BCUT2D eigenvalue weighted by Gasteiger charge is 2.27. The second kappa shape index (κ2) is 42.5. The Morgan fingerprint density at radius 3 is 1.51 bits per heavy atom. The number of phosphoric ester groups is 1. The maximum absolute atomic E-state index is 12.9. The predicted molar refractivity (Wildman–Crippen MR) is 262 cm³/mol. The molecule has 0 fully saturated rings. The van der Waals surface area contributed by atoms with Crippen molar-refractivity contribution in [1.29, 1.82) is 0 Å². The molecule has 3 atom stereocenters. The summed E-state index contributed by atoms with van der Waals surface area (Å²) in [4.78, 5) is 23.1. The number of aliphatic hydroxyl groups is 1. The predicted octanol–water partition coefficient (Wildman–Crippen LogP) is 13.7. The molecular formula is C52H90N2O6P+. The molecule has 3 N–H and O–H groups in total. The van der Waals surface area contributed by atoms with E-state index in [9.17, 15) is 19.4 Å². The minimum Gasteiger partial charge on any atom is -0.387 e. The van der Waals surface area contributed by atoms with Crippen molar-refractivity contribution in [2.45, 2.75) is 174 Å². The van der Waals surface area contributed by atoms with E-state index in [1.54, 1.807) is 6.08 Å². The number of phosphoric acid groups is 1. The molecule has 0 bridgehead atoms. The van der Waals surface area contributed by atoms with Crippen molar-refractivity contribution in [2.75, 3.05) is 40.9 Å². The largest absolute Gasteiger partial charge is 0.472 e. The number of allylic oxidation sites excluding steroid dienone is 17. The Kier molecular flexibility index (Phi) is 40.5. The van der Waals surface area contributed by atoms with E-state index < -0.39 is 20.0 Å². The number of amides is 1. The first kappa shape index (κ1) is 58.2. The molecule has 0 aromatic rings. The van der Waals surface area contributed by atoms with E-state index in [1.807, 2.05) is 27.2 Å². The maximum atomic E-state index is 12.9. The van der Waals surface area contributed by atoms with Gasteiger partial charge in [-0.3, -0.25) is 13.8 Å². The van der Waals surface area contributed by atoms with E-state index in [0.717, 1.165) is 103 Å². The third kappa shape index (κ3) is 45.0. The van der Waals surface area contributed by atoms with Gasteiger partial charge in [0, 0.05) is 6.42 Å². The third-order valence-electron chi connectivity index (χ3n) is 9.73. The van der Waals surface area contributed by atoms with Gasteiger partial charge in [-0.15, -0.1) is 0 Å². The number of aliphatic hydroxyl groups excluding tert-OH is 1. The molecule has 0 aromatic heterocycles. The molecule has 348 valence electrons. The van der Waals surface area contributed by atoms with Crippen LogP contribution in [0.25, 0.3) is 0 Å². The highest BCUT2D eigenvalue weighted by atomic mass is 31.2. The number of hydrogen-bond acceptors (Lipinski definition) is 5. The first-order chi connectivity index (χ1) is 29.5. The first-order valence-corrected chi connectivity index (χ1v) is 25.3. The van der Waals surface area contributed by atoms with Crippen LogP contribution in [0.15, 0.2) is 109 Å². The minimum absolute atomic E-state index is 0.0454. The fourth-order valence-corrected chi connectivity index (χ4v) is 6.71. The van der Waals surface area contributed by atoms with Crippen LogP contribution in [-0.4, -0.2) is 73.4 Å². The van der Waals surface area contributed by atoms with Gasteiger partial charge in [-0.1, -0.05) is 175 Å². The van der Waals surface area contributed by atoms with Gasteiger partial charge < -0.3 is 19.8 Å². The molecule has 9 heteroatoms. The number of nitrogens with one attached hydrogen (secondary N) is 1. The molecule has 0 aliphatic carbocycles. The Hall–Kier alpha value is -2.84. The van der Waals surface area contributed by atoms with Gasteiger partial charge in [0.05, 0.1) is 39.9 Å². The number of hydrogen-bond donors (Lipinski definition) is 3. The van der Waals surface area contributed by atoms with Gasteiger partial charge in [0.2, 0.25) is 5.91 Å². The summed E-state index contributed by atoms with van der Waals surface area (Å²) in [5.41, 5.74) is 0. The molecule has 61 heavy (non-hydrogen) atoms. The van der Waals surface area contributed by atoms with E-state index in [1.165, 1.54) is 38.5 Å². The minimum atomic E-state index is -4.36. The molecule has 0 saturated carbocycles. The van der Waals surface area contributed by atoms with Crippen LogP contribution in [-0.2, 0) is 18.4 Å². The van der Waals surface area contributed by atoms with E-state index in [-0.39, 0.29) is 19.1 Å². The van der Waals surface area contributed by atoms with Crippen LogP contribution in [0.3, 0.4) is 0 Å².